The minimum atomic E-state index is -4.06. The molecule has 3 rings (SSSR count). The maximum absolute atomic E-state index is 13.0. The molecule has 4 N–H and O–H groups in total. The highest BCUT2D eigenvalue weighted by Crippen LogP contribution is 2.27. The van der Waals surface area contributed by atoms with E-state index in [1.807, 2.05) is 30.3 Å². The second kappa shape index (κ2) is 14.1. The van der Waals surface area contributed by atoms with Crippen molar-refractivity contribution in [3.63, 3.8) is 0 Å². The fourth-order valence-corrected chi connectivity index (χ4v) is 5.11. The summed E-state index contributed by atoms with van der Waals surface area (Å²) >= 11 is 0. The van der Waals surface area contributed by atoms with Crippen molar-refractivity contribution < 1.29 is 37.8 Å². The number of carbonyl (C=O) groups is 3. The summed E-state index contributed by atoms with van der Waals surface area (Å²) < 4.78 is 33.6. The van der Waals surface area contributed by atoms with E-state index in [0.717, 1.165) is 19.3 Å². The molecule has 0 radical (unpaired) electrons. The van der Waals surface area contributed by atoms with Crippen molar-refractivity contribution in [2.75, 3.05) is 13.2 Å². The molecule has 0 saturated carbocycles. The van der Waals surface area contributed by atoms with Crippen LogP contribution in [0.4, 0.5) is 0 Å². The Bertz CT molecular complexity index is 1380. The Morgan fingerprint density at radius 2 is 1.54 bits per heavy atom. The van der Waals surface area contributed by atoms with Crippen LogP contribution in [0.15, 0.2) is 83.8 Å². The molecule has 0 aliphatic rings. The number of carbonyl (C=O) groups excluding carboxylic acids is 1. The fraction of sp³-hybridized carbons (Fsp3) is 0.250. The number of rotatable bonds is 15. The Hall–Kier alpha value is -4.22. The summed E-state index contributed by atoms with van der Waals surface area (Å²) in [6, 6.07) is 20.2. The first-order valence-electron chi connectivity index (χ1n) is 12.3. The summed E-state index contributed by atoms with van der Waals surface area (Å²) in [5, 5.41) is 21.3. The molecule has 3 aromatic rings. The lowest BCUT2D eigenvalue weighted by Crippen LogP contribution is -2.34. The normalized spacial score (nSPS) is 11.9. The van der Waals surface area contributed by atoms with Gasteiger partial charge in [-0.05, 0) is 54.7 Å². The molecule has 206 valence electrons. The van der Waals surface area contributed by atoms with Crippen molar-refractivity contribution in [1.82, 2.24) is 10.0 Å². The van der Waals surface area contributed by atoms with Gasteiger partial charge < -0.3 is 20.3 Å². The fourth-order valence-electron chi connectivity index (χ4n) is 3.86. The molecule has 10 nitrogen and oxygen atoms in total. The van der Waals surface area contributed by atoms with E-state index in [2.05, 4.69) is 10.0 Å². The number of carboxylic acids is 2. The molecule has 0 bridgehead atoms. The molecular weight excluding hydrogens is 524 g/mol. The van der Waals surface area contributed by atoms with Crippen molar-refractivity contribution in [1.29, 1.82) is 0 Å². The Kier molecular flexibility index (Phi) is 10.6. The zero-order valence-electron chi connectivity index (χ0n) is 21.1. The smallest absolute Gasteiger partial charge is 0.341 e. The lowest BCUT2D eigenvalue weighted by Gasteiger charge is -2.20. The molecule has 0 spiro atoms. The van der Waals surface area contributed by atoms with E-state index >= 15 is 0 Å². The van der Waals surface area contributed by atoms with E-state index in [4.69, 9.17) is 9.84 Å². The highest BCUT2D eigenvalue weighted by Gasteiger charge is 2.25. The van der Waals surface area contributed by atoms with E-state index in [-0.39, 0.29) is 28.2 Å². The van der Waals surface area contributed by atoms with Crippen LogP contribution in [-0.4, -0.2) is 49.6 Å². The number of carboxylic acid groups (broad SMARTS) is 2. The highest BCUT2D eigenvalue weighted by molar-refractivity contribution is 7.89. The third kappa shape index (κ3) is 9.24. The lowest BCUT2D eigenvalue weighted by atomic mass is 10.0. The van der Waals surface area contributed by atoms with Gasteiger partial charge in [-0.15, -0.1) is 0 Å². The zero-order chi connectivity index (χ0) is 28.3. The number of nitrogens with one attached hydrogen (secondary N) is 2. The van der Waals surface area contributed by atoms with Crippen LogP contribution < -0.4 is 14.8 Å². The van der Waals surface area contributed by atoms with Crippen molar-refractivity contribution in [2.45, 2.75) is 36.6 Å². The molecular formula is C28H30N2O8S. The zero-order valence-corrected chi connectivity index (χ0v) is 21.9. The van der Waals surface area contributed by atoms with Crippen LogP contribution in [0.1, 0.15) is 46.8 Å². The summed E-state index contributed by atoms with van der Waals surface area (Å²) in [5.74, 6) is -3.30. The standard InChI is InChI=1S/C28H30N2O8S/c31-26(29-16-8-7-11-20-9-3-1-4-10-20)18-24(30-39(36,37)22-12-5-2-6-13-22)21-14-15-25(38-19-27(32)33)23(17-21)28(34)35/h1-6,9-10,12-15,17,24,30H,7-8,11,16,18-19H2,(H,29,31)(H,32,33)(H,34,35). The Morgan fingerprint density at radius 1 is 0.872 bits per heavy atom. The lowest BCUT2D eigenvalue weighted by molar-refractivity contribution is -0.139. The first-order valence-corrected chi connectivity index (χ1v) is 13.7. The van der Waals surface area contributed by atoms with Crippen LogP contribution in [0.25, 0.3) is 0 Å². The van der Waals surface area contributed by atoms with Gasteiger partial charge in [0.1, 0.15) is 11.3 Å². The molecule has 11 heteroatoms. The number of benzene rings is 3. The molecule has 3 aromatic carbocycles. The van der Waals surface area contributed by atoms with Crippen molar-refractivity contribution in [2.24, 2.45) is 0 Å². The second-order valence-corrected chi connectivity index (χ2v) is 10.4. The molecule has 39 heavy (non-hydrogen) atoms. The molecule has 0 saturated heterocycles. The number of hydrogen-bond acceptors (Lipinski definition) is 6. The molecule has 1 atom stereocenters. The van der Waals surface area contributed by atoms with E-state index < -0.39 is 40.5 Å². The van der Waals surface area contributed by atoms with Crippen molar-refractivity contribution >= 4 is 27.9 Å². The monoisotopic (exact) mass is 554 g/mol. The van der Waals surface area contributed by atoms with Gasteiger partial charge in [-0.25, -0.2) is 22.7 Å². The summed E-state index contributed by atoms with van der Waals surface area (Å²) in [6.45, 7) is -0.359. The predicted molar refractivity (Wildman–Crippen MR) is 143 cm³/mol. The third-order valence-electron chi connectivity index (χ3n) is 5.79. The molecule has 0 fully saturated rings. The first-order chi connectivity index (χ1) is 18.7. The molecule has 0 aromatic heterocycles. The van der Waals surface area contributed by atoms with Gasteiger partial charge in [0.05, 0.1) is 10.9 Å². The van der Waals surface area contributed by atoms with Gasteiger partial charge >= 0.3 is 11.9 Å². The maximum Gasteiger partial charge on any atom is 0.341 e. The SMILES string of the molecule is O=C(O)COc1ccc(C(CC(=O)NCCCCc2ccccc2)NS(=O)(=O)c2ccccc2)cc1C(=O)O. The number of aliphatic carboxylic acids is 1. The van der Waals surface area contributed by atoms with Crippen LogP contribution in [0, 0.1) is 0 Å². The number of ether oxygens (including phenoxy) is 1. The van der Waals surface area contributed by atoms with E-state index in [1.165, 1.54) is 35.9 Å². The van der Waals surface area contributed by atoms with Crippen LogP contribution in [0.3, 0.4) is 0 Å². The minimum Gasteiger partial charge on any atom is -0.481 e. The Morgan fingerprint density at radius 3 is 2.18 bits per heavy atom. The average molecular weight is 555 g/mol. The predicted octanol–water partition coefficient (Wildman–Crippen LogP) is 3.40. The van der Waals surface area contributed by atoms with Gasteiger partial charge in [0.25, 0.3) is 0 Å². The molecule has 0 aliphatic heterocycles. The van der Waals surface area contributed by atoms with Gasteiger partial charge in [-0.1, -0.05) is 54.6 Å². The van der Waals surface area contributed by atoms with Crippen LogP contribution in [0.2, 0.25) is 0 Å². The molecule has 0 aliphatic carbocycles. The topological polar surface area (TPSA) is 159 Å². The molecule has 1 amide bonds. The maximum atomic E-state index is 13.0. The van der Waals surface area contributed by atoms with Gasteiger partial charge in [0.2, 0.25) is 15.9 Å². The van der Waals surface area contributed by atoms with Crippen molar-refractivity contribution in [3.05, 3.63) is 95.6 Å². The number of hydrogen-bond donors (Lipinski definition) is 4. The van der Waals surface area contributed by atoms with Crippen molar-refractivity contribution in [3.8, 4) is 5.75 Å². The van der Waals surface area contributed by atoms with Gasteiger partial charge in [0, 0.05) is 13.0 Å². The summed E-state index contributed by atoms with van der Waals surface area (Å²) in [4.78, 5) is 35.5. The Labute approximate surface area is 226 Å². The molecule has 0 heterocycles. The Balaban J connectivity index is 1.75. The van der Waals surface area contributed by atoms with Gasteiger partial charge in [0.15, 0.2) is 6.61 Å². The number of amides is 1. The van der Waals surface area contributed by atoms with Gasteiger partial charge in [-0.2, -0.15) is 0 Å². The quantitative estimate of drug-likeness (QED) is 0.208. The first kappa shape index (κ1) is 29.3. The van der Waals surface area contributed by atoms with E-state index in [1.54, 1.807) is 18.2 Å². The number of sulfonamides is 1. The summed E-state index contributed by atoms with van der Waals surface area (Å²) in [5.41, 5.74) is 1.04. The molecule has 1 unspecified atom stereocenters. The number of aromatic carboxylic acids is 1. The van der Waals surface area contributed by atoms with Crippen LogP contribution in [0.5, 0.6) is 5.75 Å². The van der Waals surface area contributed by atoms with E-state index in [9.17, 15) is 27.9 Å². The highest BCUT2D eigenvalue weighted by atomic mass is 32.2. The van der Waals surface area contributed by atoms with Crippen LogP contribution >= 0.6 is 0 Å². The van der Waals surface area contributed by atoms with Crippen LogP contribution in [-0.2, 0) is 26.0 Å². The van der Waals surface area contributed by atoms with E-state index in [0.29, 0.717) is 6.54 Å². The number of aryl methyl sites for hydroxylation is 1. The summed E-state index contributed by atoms with van der Waals surface area (Å²) in [7, 11) is -4.06. The largest absolute Gasteiger partial charge is 0.481 e. The third-order valence-corrected chi connectivity index (χ3v) is 7.27. The average Bonchev–Trinajstić information content (AvgIpc) is 2.92. The minimum absolute atomic E-state index is 0.0174. The van der Waals surface area contributed by atoms with Gasteiger partial charge in [-0.3, -0.25) is 4.79 Å². The second-order valence-electron chi connectivity index (χ2n) is 8.73. The summed E-state index contributed by atoms with van der Waals surface area (Å²) in [6.07, 6.45) is 2.15. The number of unbranched alkanes of at least 4 members (excludes halogenated alkanes) is 1.